The Kier molecular flexibility index (Phi) is 12.2. The van der Waals surface area contributed by atoms with E-state index in [0.717, 1.165) is 4.90 Å². The Labute approximate surface area is 219 Å². The topological polar surface area (TPSA) is 114 Å². The molecule has 3 atom stereocenters. The minimum atomic E-state index is -1.32. The summed E-state index contributed by atoms with van der Waals surface area (Å²) in [5, 5.41) is 5.24. The fraction of sp³-hybridized carbons (Fsp3) is 0.500. The molecular weight excluding hydrogens is 474 g/mol. The van der Waals surface area contributed by atoms with Gasteiger partial charge in [0, 0.05) is 23.7 Å². The molecule has 0 heterocycles. The minimum absolute atomic E-state index is 0.0378. The lowest BCUT2D eigenvalue weighted by atomic mass is 9.94. The average molecular weight is 512 g/mol. The zero-order valence-electron chi connectivity index (χ0n) is 22.4. The third-order valence-electron chi connectivity index (χ3n) is 5.38. The van der Waals surface area contributed by atoms with E-state index in [4.69, 9.17) is 22.3 Å². The summed E-state index contributed by atoms with van der Waals surface area (Å²) in [6.07, 6.45) is 11.1. The van der Waals surface area contributed by atoms with Crippen LogP contribution in [0, 0.1) is 30.7 Å². The van der Waals surface area contributed by atoms with Crippen LogP contribution in [-0.2, 0) is 23.9 Å². The van der Waals surface area contributed by atoms with E-state index in [0.29, 0.717) is 17.5 Å². The number of carbonyl (C=O) groups excluding carboxylic acids is 4. The molecule has 0 radical (unpaired) electrons. The largest absolute Gasteiger partial charge is 0.466 e. The van der Waals surface area contributed by atoms with E-state index in [1.807, 2.05) is 6.92 Å². The van der Waals surface area contributed by atoms with Gasteiger partial charge in [0.05, 0.1) is 13.0 Å². The number of nitrogens with zero attached hydrogens (tertiary/aromatic N) is 1. The van der Waals surface area contributed by atoms with Gasteiger partial charge in [0.2, 0.25) is 5.91 Å². The van der Waals surface area contributed by atoms with Gasteiger partial charge in [0.1, 0.15) is 17.7 Å². The Morgan fingerprint density at radius 1 is 1.11 bits per heavy atom. The lowest BCUT2D eigenvalue weighted by molar-refractivity contribution is -0.143. The number of alkyl carbamates (subject to hydrolysis) is 1. The van der Waals surface area contributed by atoms with Crippen molar-refractivity contribution in [3.63, 3.8) is 0 Å². The average Bonchev–Trinajstić information content (AvgIpc) is 2.83. The smallest absolute Gasteiger partial charge is 0.408 e. The van der Waals surface area contributed by atoms with Gasteiger partial charge in [-0.1, -0.05) is 50.8 Å². The third-order valence-corrected chi connectivity index (χ3v) is 5.38. The molecule has 1 aromatic carbocycles. The summed E-state index contributed by atoms with van der Waals surface area (Å²) in [7, 11) is 0. The van der Waals surface area contributed by atoms with E-state index in [9.17, 15) is 19.2 Å². The second kappa shape index (κ2) is 14.5. The first-order valence-electron chi connectivity index (χ1n) is 12.2. The van der Waals surface area contributed by atoms with Gasteiger partial charge in [-0.05, 0) is 39.7 Å². The number of esters is 1. The maximum atomic E-state index is 13.8. The highest BCUT2D eigenvalue weighted by atomic mass is 16.6. The van der Waals surface area contributed by atoms with Crippen molar-refractivity contribution in [3.05, 3.63) is 35.4 Å². The van der Waals surface area contributed by atoms with Gasteiger partial charge in [-0.3, -0.25) is 19.3 Å². The lowest BCUT2D eigenvalue weighted by Crippen LogP contribution is -2.54. The first-order valence-corrected chi connectivity index (χ1v) is 12.2. The van der Waals surface area contributed by atoms with Crippen molar-refractivity contribution in [1.29, 1.82) is 0 Å². The van der Waals surface area contributed by atoms with Crippen LogP contribution in [0.15, 0.2) is 24.3 Å². The van der Waals surface area contributed by atoms with Gasteiger partial charge in [-0.15, -0.1) is 6.42 Å². The van der Waals surface area contributed by atoms with Crippen LogP contribution in [-0.4, -0.2) is 53.6 Å². The predicted octanol–water partition coefficient (Wildman–Crippen LogP) is 3.14. The van der Waals surface area contributed by atoms with Crippen molar-refractivity contribution < 1.29 is 28.7 Å². The Morgan fingerprint density at radius 3 is 2.30 bits per heavy atom. The van der Waals surface area contributed by atoms with E-state index < -0.39 is 41.6 Å². The molecule has 9 nitrogen and oxygen atoms in total. The molecule has 0 fully saturated rings. The van der Waals surface area contributed by atoms with Crippen molar-refractivity contribution >= 4 is 23.9 Å². The lowest BCUT2D eigenvalue weighted by Gasteiger charge is -2.32. The number of carbonyl (C=O) groups is 4. The molecule has 9 heteroatoms. The Balaban J connectivity index is 3.41. The molecule has 3 unspecified atom stereocenters. The zero-order valence-corrected chi connectivity index (χ0v) is 22.4. The number of terminal acetylenes is 2. The fourth-order valence-corrected chi connectivity index (χ4v) is 3.41. The SMILES string of the molecule is C#Cc1ccccc1C(C(=O)NCCC(=O)OCC)N(C#C)C(=O)C(NC(=O)OC(C)(C)C)C(C)CC. The van der Waals surface area contributed by atoms with Gasteiger partial charge in [-0.25, -0.2) is 4.79 Å². The van der Waals surface area contributed by atoms with Gasteiger partial charge >= 0.3 is 12.1 Å². The highest BCUT2D eigenvalue weighted by Crippen LogP contribution is 2.26. The standard InChI is InChI=1S/C28H37N3O6/c1-9-19(5)23(30-27(35)37-28(6,7)8)26(34)31(11-3)24(21-16-14-13-15-20(21)10-2)25(33)29-18-17-22(32)36-12-4/h2-3,13-16,19,23-24H,9,12,17-18H2,1,4-8H3,(H,29,33)(H,30,35). The van der Waals surface area contributed by atoms with Crippen LogP contribution in [0.4, 0.5) is 4.79 Å². The number of amides is 3. The molecule has 0 aliphatic rings. The molecule has 3 amide bonds. The zero-order chi connectivity index (χ0) is 28.2. The van der Waals surface area contributed by atoms with E-state index in [1.165, 1.54) is 0 Å². The highest BCUT2D eigenvalue weighted by molar-refractivity contribution is 5.94. The Morgan fingerprint density at radius 2 is 1.76 bits per heavy atom. The molecule has 37 heavy (non-hydrogen) atoms. The number of hydrogen-bond acceptors (Lipinski definition) is 6. The summed E-state index contributed by atoms with van der Waals surface area (Å²) in [4.78, 5) is 52.3. The number of rotatable bonds is 11. The third kappa shape index (κ3) is 9.53. The maximum Gasteiger partial charge on any atom is 0.408 e. The summed E-state index contributed by atoms with van der Waals surface area (Å²) in [5.74, 6) is 0.368. The predicted molar refractivity (Wildman–Crippen MR) is 140 cm³/mol. The highest BCUT2D eigenvalue weighted by Gasteiger charge is 2.38. The van der Waals surface area contributed by atoms with Crippen molar-refractivity contribution in [2.24, 2.45) is 5.92 Å². The van der Waals surface area contributed by atoms with Crippen LogP contribution in [0.1, 0.15) is 71.6 Å². The quantitative estimate of drug-likeness (QED) is 0.268. The van der Waals surface area contributed by atoms with Crippen LogP contribution in [0.5, 0.6) is 0 Å². The summed E-state index contributed by atoms with van der Waals surface area (Å²) in [6, 6.07) is 6.49. The summed E-state index contributed by atoms with van der Waals surface area (Å²) in [5.41, 5.74) is -0.0992. The molecule has 0 aliphatic carbocycles. The first kappa shape index (κ1) is 31.1. The van der Waals surface area contributed by atoms with Crippen molar-refractivity contribution in [1.82, 2.24) is 15.5 Å². The van der Waals surface area contributed by atoms with Crippen LogP contribution in [0.2, 0.25) is 0 Å². The van der Waals surface area contributed by atoms with E-state index in [2.05, 4.69) is 22.6 Å². The fourth-order valence-electron chi connectivity index (χ4n) is 3.41. The van der Waals surface area contributed by atoms with Crippen molar-refractivity contribution in [2.75, 3.05) is 13.2 Å². The molecule has 200 valence electrons. The Bertz CT molecular complexity index is 1050. The number of ether oxygens (including phenoxy) is 2. The number of nitrogens with one attached hydrogen (secondary N) is 2. The summed E-state index contributed by atoms with van der Waals surface area (Å²) < 4.78 is 10.2. The normalized spacial score (nSPS) is 13.1. The molecular formula is C28H37N3O6. The Hall–Kier alpha value is -3.98. The molecule has 0 aromatic heterocycles. The van der Waals surface area contributed by atoms with Gasteiger partial charge in [0.25, 0.3) is 5.91 Å². The molecule has 0 aliphatic heterocycles. The summed E-state index contributed by atoms with van der Waals surface area (Å²) in [6.45, 7) is 10.6. The van der Waals surface area contributed by atoms with Crippen molar-refractivity contribution in [2.45, 2.75) is 72.1 Å². The monoisotopic (exact) mass is 511 g/mol. The maximum absolute atomic E-state index is 13.8. The van der Waals surface area contributed by atoms with Gasteiger partial charge < -0.3 is 20.1 Å². The minimum Gasteiger partial charge on any atom is -0.466 e. The van der Waals surface area contributed by atoms with Gasteiger partial charge in [0.15, 0.2) is 0 Å². The second-order valence-corrected chi connectivity index (χ2v) is 9.33. The van der Waals surface area contributed by atoms with Crippen LogP contribution >= 0.6 is 0 Å². The second-order valence-electron chi connectivity index (χ2n) is 9.33. The van der Waals surface area contributed by atoms with E-state index >= 15 is 0 Å². The molecule has 2 N–H and O–H groups in total. The molecule has 0 saturated heterocycles. The van der Waals surface area contributed by atoms with E-state index in [-0.39, 0.29) is 25.5 Å². The number of hydrogen-bond donors (Lipinski definition) is 2. The molecule has 1 aromatic rings. The molecule has 0 bridgehead atoms. The van der Waals surface area contributed by atoms with Crippen LogP contribution in [0.25, 0.3) is 0 Å². The molecule has 0 saturated carbocycles. The van der Waals surface area contributed by atoms with Gasteiger partial charge in [-0.2, -0.15) is 0 Å². The van der Waals surface area contributed by atoms with Crippen LogP contribution in [0.3, 0.4) is 0 Å². The first-order chi connectivity index (χ1) is 17.4. The van der Waals surface area contributed by atoms with Crippen molar-refractivity contribution in [3.8, 4) is 24.8 Å². The molecule has 0 spiro atoms. The van der Waals surface area contributed by atoms with E-state index in [1.54, 1.807) is 58.9 Å². The summed E-state index contributed by atoms with van der Waals surface area (Å²) >= 11 is 0. The van der Waals surface area contributed by atoms with Crippen LogP contribution < -0.4 is 10.6 Å². The number of benzene rings is 1. The molecule has 1 rings (SSSR count).